The summed E-state index contributed by atoms with van der Waals surface area (Å²) < 4.78 is 25.2. The van der Waals surface area contributed by atoms with Gasteiger partial charge in [0.05, 0.1) is 15.7 Å². The molecule has 1 N–H and O–H groups in total. The van der Waals surface area contributed by atoms with Crippen LogP contribution in [0.2, 0.25) is 0 Å². The molecule has 2 unspecified atom stereocenters. The lowest BCUT2D eigenvalue weighted by Gasteiger charge is -2.31. The van der Waals surface area contributed by atoms with Crippen molar-refractivity contribution in [3.8, 4) is 0 Å². The van der Waals surface area contributed by atoms with Crippen molar-refractivity contribution >= 4 is 15.8 Å². The van der Waals surface area contributed by atoms with E-state index in [0.29, 0.717) is 24.7 Å². The lowest BCUT2D eigenvalue weighted by atomic mass is 9.83. The predicted octanol–water partition coefficient (Wildman–Crippen LogP) is 2.98. The highest BCUT2D eigenvalue weighted by molar-refractivity contribution is 7.92. The summed E-state index contributed by atoms with van der Waals surface area (Å²) in [5.41, 5.74) is 0.106. The number of carboxylic acid groups (broad SMARTS) is 1. The zero-order chi connectivity index (χ0) is 14.9. The van der Waals surface area contributed by atoms with Crippen LogP contribution in [0.25, 0.3) is 0 Å². The topological polar surface area (TPSA) is 71.4 Å². The Morgan fingerprint density at radius 2 is 1.55 bits per heavy atom. The van der Waals surface area contributed by atoms with E-state index in [1.807, 2.05) is 0 Å². The van der Waals surface area contributed by atoms with E-state index in [9.17, 15) is 13.2 Å². The Morgan fingerprint density at radius 3 is 2.00 bits per heavy atom. The molecule has 0 spiro atoms. The summed E-state index contributed by atoms with van der Waals surface area (Å²) in [4.78, 5) is 11.0. The number of benzene rings is 1. The molecule has 2 rings (SSSR count). The third-order valence-electron chi connectivity index (χ3n) is 4.00. The fourth-order valence-corrected chi connectivity index (χ4v) is 5.17. The molecule has 0 saturated heterocycles. The number of sulfone groups is 1. The monoisotopic (exact) mass is 296 g/mol. The summed E-state index contributed by atoms with van der Waals surface area (Å²) in [6.07, 6.45) is 2.45. The van der Waals surface area contributed by atoms with E-state index in [1.54, 1.807) is 0 Å². The van der Waals surface area contributed by atoms with Crippen molar-refractivity contribution < 1.29 is 18.3 Å². The van der Waals surface area contributed by atoms with Crippen LogP contribution in [0.1, 0.15) is 43.5 Å². The Balaban J connectivity index is 2.27. The van der Waals surface area contributed by atoms with Crippen molar-refractivity contribution in [2.24, 2.45) is 11.8 Å². The summed E-state index contributed by atoms with van der Waals surface area (Å²) in [5, 5.41) is 8.50. The van der Waals surface area contributed by atoms with Crippen LogP contribution in [-0.4, -0.2) is 24.7 Å². The zero-order valence-electron chi connectivity index (χ0n) is 11.7. The van der Waals surface area contributed by atoms with Crippen LogP contribution in [0.15, 0.2) is 29.2 Å². The van der Waals surface area contributed by atoms with E-state index in [2.05, 4.69) is 13.8 Å². The second kappa shape index (κ2) is 5.56. The van der Waals surface area contributed by atoms with Crippen LogP contribution in [0.4, 0.5) is 0 Å². The van der Waals surface area contributed by atoms with Crippen molar-refractivity contribution in [3.63, 3.8) is 0 Å². The Labute approximate surface area is 119 Å². The first kappa shape index (κ1) is 15.0. The van der Waals surface area contributed by atoms with Crippen molar-refractivity contribution in [2.75, 3.05) is 0 Å². The third kappa shape index (κ3) is 3.03. The molecular weight excluding hydrogens is 276 g/mol. The molecule has 20 heavy (non-hydrogen) atoms. The van der Waals surface area contributed by atoms with Gasteiger partial charge in [0.2, 0.25) is 0 Å². The standard InChI is InChI=1S/C15H20O4S/c1-10-7-11(2)9-14(8-10)20(18,19)13-5-3-12(4-6-13)15(16)17/h3-6,10-11,14H,7-9H2,1-2H3,(H,16,17). The lowest BCUT2D eigenvalue weighted by Crippen LogP contribution is -2.31. The van der Waals surface area contributed by atoms with Crippen LogP contribution in [-0.2, 0) is 9.84 Å². The molecule has 110 valence electrons. The molecule has 0 bridgehead atoms. The maximum absolute atomic E-state index is 12.6. The minimum atomic E-state index is -3.36. The Morgan fingerprint density at radius 1 is 1.05 bits per heavy atom. The first-order chi connectivity index (χ1) is 9.30. The molecule has 1 aromatic rings. The summed E-state index contributed by atoms with van der Waals surface area (Å²) in [6, 6.07) is 5.52. The number of hydrogen-bond donors (Lipinski definition) is 1. The van der Waals surface area contributed by atoms with Crippen LogP contribution in [0.3, 0.4) is 0 Å². The molecule has 0 heterocycles. The van der Waals surface area contributed by atoms with Crippen molar-refractivity contribution in [2.45, 2.75) is 43.3 Å². The molecule has 0 radical (unpaired) electrons. The van der Waals surface area contributed by atoms with Crippen LogP contribution in [0.5, 0.6) is 0 Å². The molecule has 0 aliphatic heterocycles. The average molecular weight is 296 g/mol. The van der Waals surface area contributed by atoms with Crippen molar-refractivity contribution in [1.29, 1.82) is 0 Å². The van der Waals surface area contributed by atoms with E-state index < -0.39 is 15.8 Å². The van der Waals surface area contributed by atoms with Gasteiger partial charge in [-0.1, -0.05) is 13.8 Å². The Bertz CT molecular complexity index is 579. The molecule has 0 amide bonds. The van der Waals surface area contributed by atoms with Gasteiger partial charge in [-0.3, -0.25) is 0 Å². The largest absolute Gasteiger partial charge is 0.478 e. The lowest BCUT2D eigenvalue weighted by molar-refractivity contribution is 0.0697. The quantitative estimate of drug-likeness (QED) is 0.930. The van der Waals surface area contributed by atoms with Gasteiger partial charge in [-0.15, -0.1) is 0 Å². The summed E-state index contributed by atoms with van der Waals surface area (Å²) in [7, 11) is -3.36. The van der Waals surface area contributed by atoms with Crippen LogP contribution in [0, 0.1) is 11.8 Å². The molecule has 1 fully saturated rings. The molecule has 4 nitrogen and oxygen atoms in total. The van der Waals surface area contributed by atoms with Gasteiger partial charge in [-0.25, -0.2) is 13.2 Å². The fraction of sp³-hybridized carbons (Fsp3) is 0.533. The number of aromatic carboxylic acids is 1. The van der Waals surface area contributed by atoms with Gasteiger partial charge in [-0.2, -0.15) is 0 Å². The third-order valence-corrected chi connectivity index (χ3v) is 6.20. The molecule has 5 heteroatoms. The first-order valence-electron chi connectivity index (χ1n) is 6.88. The number of carboxylic acids is 1. The summed E-state index contributed by atoms with van der Waals surface area (Å²) in [5.74, 6) is -0.220. The second-order valence-corrected chi connectivity index (χ2v) is 8.14. The highest BCUT2D eigenvalue weighted by Gasteiger charge is 2.34. The Hall–Kier alpha value is -1.36. The van der Waals surface area contributed by atoms with Crippen LogP contribution >= 0.6 is 0 Å². The van der Waals surface area contributed by atoms with E-state index in [-0.39, 0.29) is 15.7 Å². The van der Waals surface area contributed by atoms with Crippen molar-refractivity contribution in [1.82, 2.24) is 0 Å². The maximum Gasteiger partial charge on any atom is 0.335 e. The first-order valence-corrected chi connectivity index (χ1v) is 8.42. The smallest absolute Gasteiger partial charge is 0.335 e. The normalized spacial score (nSPS) is 27.2. The highest BCUT2D eigenvalue weighted by Crippen LogP contribution is 2.35. The summed E-state index contributed by atoms with van der Waals surface area (Å²) >= 11 is 0. The maximum atomic E-state index is 12.6. The zero-order valence-corrected chi connectivity index (χ0v) is 12.6. The van der Waals surface area contributed by atoms with Gasteiger partial charge in [-0.05, 0) is 55.4 Å². The molecule has 1 aliphatic rings. The van der Waals surface area contributed by atoms with E-state index in [4.69, 9.17) is 5.11 Å². The summed E-state index contributed by atoms with van der Waals surface area (Å²) in [6.45, 7) is 4.18. The predicted molar refractivity (Wildman–Crippen MR) is 76.6 cm³/mol. The van der Waals surface area contributed by atoms with Gasteiger partial charge in [0, 0.05) is 0 Å². The molecule has 1 aliphatic carbocycles. The van der Waals surface area contributed by atoms with Gasteiger partial charge in [0.25, 0.3) is 0 Å². The fourth-order valence-electron chi connectivity index (χ4n) is 3.11. The molecular formula is C15H20O4S. The average Bonchev–Trinajstić information content (AvgIpc) is 2.37. The number of carbonyl (C=O) groups is 1. The SMILES string of the molecule is CC1CC(C)CC(S(=O)(=O)c2ccc(C(=O)O)cc2)C1. The molecule has 1 saturated carbocycles. The number of rotatable bonds is 3. The minimum Gasteiger partial charge on any atom is -0.478 e. The van der Waals surface area contributed by atoms with E-state index in [0.717, 1.165) is 6.42 Å². The second-order valence-electron chi connectivity index (χ2n) is 5.91. The minimum absolute atomic E-state index is 0.106. The Kier molecular flexibility index (Phi) is 4.18. The van der Waals surface area contributed by atoms with E-state index in [1.165, 1.54) is 24.3 Å². The van der Waals surface area contributed by atoms with Gasteiger partial charge >= 0.3 is 5.97 Å². The molecule has 1 aromatic carbocycles. The van der Waals surface area contributed by atoms with E-state index >= 15 is 0 Å². The van der Waals surface area contributed by atoms with Gasteiger partial charge < -0.3 is 5.11 Å². The van der Waals surface area contributed by atoms with Crippen LogP contribution < -0.4 is 0 Å². The highest BCUT2D eigenvalue weighted by atomic mass is 32.2. The molecule has 0 aromatic heterocycles. The van der Waals surface area contributed by atoms with Crippen molar-refractivity contribution in [3.05, 3.63) is 29.8 Å². The number of hydrogen-bond acceptors (Lipinski definition) is 3. The van der Waals surface area contributed by atoms with Gasteiger partial charge in [0.1, 0.15) is 0 Å². The van der Waals surface area contributed by atoms with Gasteiger partial charge in [0.15, 0.2) is 9.84 Å². The molecule has 2 atom stereocenters.